The largest absolute Gasteiger partial charge is 0.391 e. The molecule has 2 N–H and O–H groups in total. The highest BCUT2D eigenvalue weighted by molar-refractivity contribution is 5.97. The average Bonchev–Trinajstić information content (AvgIpc) is 2.94. The van der Waals surface area contributed by atoms with Gasteiger partial charge in [0.15, 0.2) is 0 Å². The molecule has 4 nitrogen and oxygen atoms in total. The van der Waals surface area contributed by atoms with Crippen LogP contribution in [0.2, 0.25) is 0 Å². The third-order valence-electron chi connectivity index (χ3n) is 4.15. The van der Waals surface area contributed by atoms with E-state index in [-0.39, 0.29) is 18.7 Å². The highest BCUT2D eigenvalue weighted by Gasteiger charge is 2.42. The average molecular weight is 311 g/mol. The Morgan fingerprint density at radius 3 is 2.91 bits per heavy atom. The van der Waals surface area contributed by atoms with Gasteiger partial charge >= 0.3 is 6.18 Å². The van der Waals surface area contributed by atoms with Crippen molar-refractivity contribution >= 4 is 16.9 Å². The summed E-state index contributed by atoms with van der Waals surface area (Å²) >= 11 is 0. The van der Waals surface area contributed by atoms with Crippen LogP contribution in [0.5, 0.6) is 0 Å². The molecule has 1 aromatic carbocycles. The second-order valence-electron chi connectivity index (χ2n) is 5.71. The Morgan fingerprint density at radius 2 is 2.14 bits per heavy atom. The SMILES string of the molecule is O=C(N[C@H]1CCC[C@@H](C(F)(F)F)C1)c1ccc2nc[nH]c2c1. The molecule has 1 aromatic heterocycles. The predicted octanol–water partition coefficient (Wildman–Crippen LogP) is 3.41. The molecule has 1 aliphatic carbocycles. The molecule has 0 radical (unpaired) electrons. The Bertz CT molecular complexity index is 680. The van der Waals surface area contributed by atoms with Crippen molar-refractivity contribution in [2.75, 3.05) is 0 Å². The van der Waals surface area contributed by atoms with Crippen molar-refractivity contribution in [3.63, 3.8) is 0 Å². The second kappa shape index (κ2) is 5.62. The first-order valence-corrected chi connectivity index (χ1v) is 7.24. The van der Waals surface area contributed by atoms with Gasteiger partial charge in [-0.2, -0.15) is 13.2 Å². The van der Waals surface area contributed by atoms with Crippen molar-refractivity contribution < 1.29 is 18.0 Å². The van der Waals surface area contributed by atoms with Crippen molar-refractivity contribution in [2.45, 2.75) is 37.9 Å². The first-order chi connectivity index (χ1) is 10.4. The molecule has 22 heavy (non-hydrogen) atoms. The number of hydrogen-bond donors (Lipinski definition) is 2. The number of imidazole rings is 1. The first-order valence-electron chi connectivity index (χ1n) is 7.24. The van der Waals surface area contributed by atoms with Crippen molar-refractivity contribution in [1.29, 1.82) is 0 Å². The minimum atomic E-state index is -4.18. The summed E-state index contributed by atoms with van der Waals surface area (Å²) in [6, 6.07) is 4.56. The van der Waals surface area contributed by atoms with E-state index >= 15 is 0 Å². The van der Waals surface area contributed by atoms with Crippen LogP contribution >= 0.6 is 0 Å². The maximum absolute atomic E-state index is 12.8. The molecule has 0 bridgehead atoms. The fraction of sp³-hybridized carbons (Fsp3) is 0.467. The van der Waals surface area contributed by atoms with Gasteiger partial charge in [0, 0.05) is 11.6 Å². The lowest BCUT2D eigenvalue weighted by Crippen LogP contribution is -2.41. The van der Waals surface area contributed by atoms with Gasteiger partial charge in [-0.05, 0) is 37.5 Å². The van der Waals surface area contributed by atoms with Gasteiger partial charge in [-0.3, -0.25) is 4.79 Å². The first kappa shape index (κ1) is 14.9. The number of amides is 1. The number of nitrogens with one attached hydrogen (secondary N) is 2. The van der Waals surface area contributed by atoms with Gasteiger partial charge in [0.1, 0.15) is 0 Å². The Labute approximate surface area is 125 Å². The zero-order valence-electron chi connectivity index (χ0n) is 11.8. The van der Waals surface area contributed by atoms with Gasteiger partial charge < -0.3 is 10.3 Å². The summed E-state index contributed by atoms with van der Waals surface area (Å²) in [5.74, 6) is -1.66. The number of H-pyrrole nitrogens is 1. The van der Waals surface area contributed by atoms with E-state index < -0.39 is 18.1 Å². The molecule has 0 saturated heterocycles. The second-order valence-corrected chi connectivity index (χ2v) is 5.71. The lowest BCUT2D eigenvalue weighted by molar-refractivity contribution is -0.183. The minimum absolute atomic E-state index is 0.0401. The number of alkyl halides is 3. The molecule has 0 unspecified atom stereocenters. The molecule has 118 valence electrons. The molecule has 1 aliphatic rings. The van der Waals surface area contributed by atoms with Gasteiger partial charge in [-0.1, -0.05) is 6.42 Å². The van der Waals surface area contributed by atoms with Crippen LogP contribution in [0.1, 0.15) is 36.0 Å². The number of rotatable bonds is 2. The number of aromatic nitrogens is 2. The summed E-state index contributed by atoms with van der Waals surface area (Å²) < 4.78 is 38.4. The third-order valence-corrected chi connectivity index (χ3v) is 4.15. The number of halogens is 3. The van der Waals surface area contributed by atoms with E-state index in [4.69, 9.17) is 0 Å². The van der Waals surface area contributed by atoms with Crippen molar-refractivity contribution in [2.24, 2.45) is 5.92 Å². The third kappa shape index (κ3) is 3.08. The zero-order chi connectivity index (χ0) is 15.7. The molecule has 2 aromatic rings. The molecule has 0 aliphatic heterocycles. The van der Waals surface area contributed by atoms with Crippen LogP contribution in [-0.4, -0.2) is 28.1 Å². The van der Waals surface area contributed by atoms with Crippen LogP contribution in [0.25, 0.3) is 11.0 Å². The highest BCUT2D eigenvalue weighted by Crippen LogP contribution is 2.37. The molecule has 7 heteroatoms. The van der Waals surface area contributed by atoms with Crippen LogP contribution < -0.4 is 5.32 Å². The smallest absolute Gasteiger partial charge is 0.349 e. The standard InChI is InChI=1S/C15H16F3N3O/c16-15(17,18)10-2-1-3-11(7-10)21-14(22)9-4-5-12-13(6-9)20-8-19-12/h4-6,8,10-11H,1-3,7H2,(H,19,20)(H,21,22)/t10-,11+/m1/s1. The van der Waals surface area contributed by atoms with Crippen LogP contribution in [0.15, 0.2) is 24.5 Å². The molecule has 3 rings (SSSR count). The summed E-state index contributed by atoms with van der Waals surface area (Å²) in [5.41, 5.74) is 1.89. The van der Waals surface area contributed by atoms with E-state index in [9.17, 15) is 18.0 Å². The van der Waals surface area contributed by atoms with Gasteiger partial charge in [-0.25, -0.2) is 4.98 Å². The quantitative estimate of drug-likeness (QED) is 0.893. The summed E-state index contributed by atoms with van der Waals surface area (Å²) in [5, 5.41) is 2.72. The lowest BCUT2D eigenvalue weighted by atomic mass is 9.85. The molecule has 1 heterocycles. The van der Waals surface area contributed by atoms with Crippen molar-refractivity contribution in [1.82, 2.24) is 15.3 Å². The summed E-state index contributed by atoms with van der Waals surface area (Å²) in [4.78, 5) is 19.2. The molecule has 1 fully saturated rings. The molecule has 0 spiro atoms. The number of carbonyl (C=O) groups excluding carboxylic acids is 1. The highest BCUT2D eigenvalue weighted by atomic mass is 19.4. The fourth-order valence-electron chi connectivity index (χ4n) is 2.96. The molecular weight excluding hydrogens is 295 g/mol. The van der Waals surface area contributed by atoms with E-state index in [0.29, 0.717) is 18.4 Å². The number of carbonyl (C=O) groups is 1. The van der Waals surface area contributed by atoms with E-state index in [2.05, 4.69) is 15.3 Å². The summed E-state index contributed by atoms with van der Waals surface area (Å²) in [6.07, 6.45) is -1.48. The zero-order valence-corrected chi connectivity index (χ0v) is 11.8. The minimum Gasteiger partial charge on any atom is -0.349 e. The molecule has 1 saturated carbocycles. The Kier molecular flexibility index (Phi) is 3.80. The van der Waals surface area contributed by atoms with Gasteiger partial charge in [0.05, 0.1) is 23.3 Å². The normalized spacial score (nSPS) is 22.7. The fourth-order valence-corrected chi connectivity index (χ4v) is 2.96. The topological polar surface area (TPSA) is 57.8 Å². The number of hydrogen-bond acceptors (Lipinski definition) is 2. The Hall–Kier alpha value is -2.05. The van der Waals surface area contributed by atoms with E-state index in [1.54, 1.807) is 18.2 Å². The number of nitrogens with zero attached hydrogens (tertiary/aromatic N) is 1. The molecule has 2 atom stereocenters. The van der Waals surface area contributed by atoms with Gasteiger partial charge in [0.25, 0.3) is 5.91 Å². The lowest BCUT2D eigenvalue weighted by Gasteiger charge is -2.31. The van der Waals surface area contributed by atoms with Crippen LogP contribution in [0.3, 0.4) is 0 Å². The van der Waals surface area contributed by atoms with Crippen molar-refractivity contribution in [3.05, 3.63) is 30.1 Å². The van der Waals surface area contributed by atoms with E-state index in [1.807, 2.05) is 0 Å². The molecule has 1 amide bonds. The Balaban J connectivity index is 1.68. The maximum atomic E-state index is 12.8. The van der Waals surface area contributed by atoms with Crippen LogP contribution in [-0.2, 0) is 0 Å². The number of benzene rings is 1. The number of aromatic amines is 1. The number of fused-ring (bicyclic) bond motifs is 1. The van der Waals surface area contributed by atoms with E-state index in [1.165, 1.54) is 6.33 Å². The van der Waals surface area contributed by atoms with Crippen LogP contribution in [0, 0.1) is 5.92 Å². The molecular formula is C15H16F3N3O. The van der Waals surface area contributed by atoms with Crippen LogP contribution in [0.4, 0.5) is 13.2 Å². The maximum Gasteiger partial charge on any atom is 0.391 e. The van der Waals surface area contributed by atoms with Crippen molar-refractivity contribution in [3.8, 4) is 0 Å². The predicted molar refractivity (Wildman–Crippen MR) is 75.4 cm³/mol. The monoisotopic (exact) mass is 311 g/mol. The summed E-state index contributed by atoms with van der Waals surface area (Å²) in [6.45, 7) is 0. The van der Waals surface area contributed by atoms with E-state index in [0.717, 1.165) is 11.0 Å². The van der Waals surface area contributed by atoms with Gasteiger partial charge in [-0.15, -0.1) is 0 Å². The Morgan fingerprint density at radius 1 is 1.32 bits per heavy atom. The summed E-state index contributed by atoms with van der Waals surface area (Å²) in [7, 11) is 0. The van der Waals surface area contributed by atoms with Gasteiger partial charge in [0.2, 0.25) is 0 Å².